The van der Waals surface area contributed by atoms with Crippen molar-refractivity contribution in [2.75, 3.05) is 18.4 Å². The van der Waals surface area contributed by atoms with Gasteiger partial charge in [0, 0.05) is 12.2 Å². The zero-order valence-corrected chi connectivity index (χ0v) is 13.4. The highest BCUT2D eigenvalue weighted by Gasteiger charge is 2.26. The van der Waals surface area contributed by atoms with Gasteiger partial charge in [0.2, 0.25) is 0 Å². The third-order valence-corrected chi connectivity index (χ3v) is 4.93. The van der Waals surface area contributed by atoms with Gasteiger partial charge in [-0.05, 0) is 60.3 Å². The molecule has 0 fully saturated rings. The van der Waals surface area contributed by atoms with E-state index in [1.54, 1.807) is 0 Å². The van der Waals surface area contributed by atoms with Crippen LogP contribution in [0.4, 0.5) is 5.69 Å². The fourth-order valence-corrected chi connectivity index (χ4v) is 3.12. The molecule has 1 heterocycles. The largest absolute Gasteiger partial charge is 0.385 e. The molecule has 3 N–H and O–H groups in total. The molecule has 1 aliphatic heterocycles. The van der Waals surface area contributed by atoms with Gasteiger partial charge < -0.3 is 11.1 Å². The summed E-state index contributed by atoms with van der Waals surface area (Å²) in [7, 11) is 0. The Hall–Kier alpha value is -1.02. The number of nitrogens with two attached hydrogens (primary N) is 1. The molecule has 0 saturated carbocycles. The molecular formula is C18H30N2. The first-order valence-electron chi connectivity index (χ1n) is 8.10. The van der Waals surface area contributed by atoms with Gasteiger partial charge >= 0.3 is 0 Å². The van der Waals surface area contributed by atoms with Crippen molar-refractivity contribution in [2.24, 2.45) is 17.6 Å². The number of hydrogen-bond acceptors (Lipinski definition) is 2. The lowest BCUT2D eigenvalue weighted by Crippen LogP contribution is -2.27. The minimum absolute atomic E-state index is 0.602. The quantitative estimate of drug-likeness (QED) is 0.838. The number of anilines is 1. The molecule has 2 heteroatoms. The molecule has 1 aromatic rings. The van der Waals surface area contributed by atoms with Gasteiger partial charge in [0.1, 0.15) is 0 Å². The lowest BCUT2D eigenvalue weighted by atomic mass is 9.79. The maximum Gasteiger partial charge on any atom is 0.0375 e. The minimum Gasteiger partial charge on any atom is -0.385 e. The summed E-state index contributed by atoms with van der Waals surface area (Å²) < 4.78 is 0. The number of rotatable bonds is 5. The van der Waals surface area contributed by atoms with E-state index in [1.807, 2.05) is 0 Å². The molecule has 2 rings (SSSR count). The number of hydrogen-bond donors (Lipinski definition) is 2. The van der Waals surface area contributed by atoms with Crippen LogP contribution in [0.2, 0.25) is 0 Å². The fourth-order valence-electron chi connectivity index (χ4n) is 3.12. The Balaban J connectivity index is 2.11. The van der Waals surface area contributed by atoms with E-state index in [0.717, 1.165) is 19.0 Å². The molecule has 1 aromatic carbocycles. The summed E-state index contributed by atoms with van der Waals surface area (Å²) in [6, 6.07) is 6.94. The van der Waals surface area contributed by atoms with Gasteiger partial charge in [-0.2, -0.15) is 0 Å². The van der Waals surface area contributed by atoms with Gasteiger partial charge in [0.15, 0.2) is 0 Å². The minimum atomic E-state index is 0.602. The maximum atomic E-state index is 5.74. The summed E-state index contributed by atoms with van der Waals surface area (Å²) in [5.41, 5.74) is 10.0. The van der Waals surface area contributed by atoms with Gasteiger partial charge in [-0.3, -0.25) is 0 Å². The van der Waals surface area contributed by atoms with Crippen LogP contribution >= 0.6 is 0 Å². The van der Waals surface area contributed by atoms with E-state index < -0.39 is 0 Å². The molecule has 0 bridgehead atoms. The molecule has 2 nitrogen and oxygen atoms in total. The molecule has 0 saturated heterocycles. The van der Waals surface area contributed by atoms with Crippen LogP contribution in [-0.2, 0) is 0 Å². The highest BCUT2D eigenvalue weighted by Crippen LogP contribution is 2.38. The van der Waals surface area contributed by atoms with E-state index in [4.69, 9.17) is 5.73 Å². The van der Waals surface area contributed by atoms with Gasteiger partial charge in [0.25, 0.3) is 0 Å². The fraction of sp³-hybridized carbons (Fsp3) is 0.667. The van der Waals surface area contributed by atoms with Crippen molar-refractivity contribution in [2.45, 2.75) is 52.4 Å². The van der Waals surface area contributed by atoms with E-state index in [-0.39, 0.29) is 0 Å². The summed E-state index contributed by atoms with van der Waals surface area (Å²) in [6.07, 6.45) is 2.52. The van der Waals surface area contributed by atoms with Gasteiger partial charge in [-0.15, -0.1) is 0 Å². The predicted molar refractivity (Wildman–Crippen MR) is 88.4 cm³/mol. The first-order chi connectivity index (χ1) is 9.52. The summed E-state index contributed by atoms with van der Waals surface area (Å²) in [6.45, 7) is 11.1. The molecule has 3 atom stereocenters. The van der Waals surface area contributed by atoms with Crippen LogP contribution in [0.25, 0.3) is 0 Å². The zero-order valence-electron chi connectivity index (χ0n) is 13.4. The Kier molecular flexibility index (Phi) is 5.09. The number of benzene rings is 1. The normalized spacial score (nSPS) is 23.3. The lowest BCUT2D eigenvalue weighted by molar-refractivity contribution is 0.375. The van der Waals surface area contributed by atoms with Crippen LogP contribution in [0.3, 0.4) is 0 Å². The molecule has 3 unspecified atom stereocenters. The third-order valence-electron chi connectivity index (χ3n) is 4.93. The summed E-state index contributed by atoms with van der Waals surface area (Å²) in [5.74, 6) is 2.63. The monoisotopic (exact) mass is 274 g/mol. The molecule has 0 aromatic heterocycles. The van der Waals surface area contributed by atoms with E-state index in [1.165, 1.54) is 29.7 Å². The van der Waals surface area contributed by atoms with Crippen LogP contribution in [0.5, 0.6) is 0 Å². The Morgan fingerprint density at radius 1 is 1.30 bits per heavy atom. The SMILES string of the molecule is CC(CN)CCC1CNc2ccc(C(C)C)cc2C1C. The van der Waals surface area contributed by atoms with Gasteiger partial charge in [-0.1, -0.05) is 39.8 Å². The summed E-state index contributed by atoms with van der Waals surface area (Å²) >= 11 is 0. The molecule has 112 valence electrons. The van der Waals surface area contributed by atoms with Crippen molar-refractivity contribution in [3.63, 3.8) is 0 Å². The Morgan fingerprint density at radius 2 is 2.05 bits per heavy atom. The molecule has 0 aliphatic carbocycles. The van der Waals surface area contributed by atoms with Crippen LogP contribution < -0.4 is 11.1 Å². The molecular weight excluding hydrogens is 244 g/mol. The molecule has 0 radical (unpaired) electrons. The second-order valence-electron chi connectivity index (χ2n) is 6.85. The maximum absolute atomic E-state index is 5.74. The highest BCUT2D eigenvalue weighted by atomic mass is 14.9. The molecule has 0 spiro atoms. The Morgan fingerprint density at radius 3 is 2.70 bits per heavy atom. The van der Waals surface area contributed by atoms with Gasteiger partial charge in [-0.25, -0.2) is 0 Å². The third kappa shape index (κ3) is 3.35. The average molecular weight is 274 g/mol. The molecule has 1 aliphatic rings. The smallest absolute Gasteiger partial charge is 0.0375 e. The van der Waals surface area contributed by atoms with Gasteiger partial charge in [0.05, 0.1) is 0 Å². The van der Waals surface area contributed by atoms with Crippen LogP contribution in [-0.4, -0.2) is 13.1 Å². The van der Waals surface area contributed by atoms with Crippen LogP contribution in [0.1, 0.15) is 63.5 Å². The second-order valence-corrected chi connectivity index (χ2v) is 6.85. The van der Waals surface area contributed by atoms with E-state index in [9.17, 15) is 0 Å². The number of nitrogens with one attached hydrogen (secondary N) is 1. The zero-order chi connectivity index (χ0) is 14.7. The van der Waals surface area contributed by atoms with Crippen molar-refractivity contribution in [3.8, 4) is 0 Å². The highest BCUT2D eigenvalue weighted by molar-refractivity contribution is 5.56. The van der Waals surface area contributed by atoms with E-state index in [0.29, 0.717) is 17.8 Å². The molecule has 0 amide bonds. The van der Waals surface area contributed by atoms with Crippen LogP contribution in [0.15, 0.2) is 18.2 Å². The number of fused-ring (bicyclic) bond motifs is 1. The van der Waals surface area contributed by atoms with Crippen molar-refractivity contribution >= 4 is 5.69 Å². The lowest BCUT2D eigenvalue weighted by Gasteiger charge is -2.33. The van der Waals surface area contributed by atoms with Crippen molar-refractivity contribution in [1.82, 2.24) is 0 Å². The van der Waals surface area contributed by atoms with Crippen LogP contribution in [0, 0.1) is 11.8 Å². The topological polar surface area (TPSA) is 38.0 Å². The Bertz CT molecular complexity index is 439. The first-order valence-corrected chi connectivity index (χ1v) is 8.10. The van der Waals surface area contributed by atoms with E-state index in [2.05, 4.69) is 51.2 Å². The van der Waals surface area contributed by atoms with Crippen molar-refractivity contribution < 1.29 is 0 Å². The van der Waals surface area contributed by atoms with E-state index >= 15 is 0 Å². The molecule has 20 heavy (non-hydrogen) atoms. The standard InChI is InChI=1S/C18H30N2/c1-12(2)15-7-8-18-17(9-15)14(4)16(11-20-18)6-5-13(3)10-19/h7-9,12-14,16,20H,5-6,10-11,19H2,1-4H3. The van der Waals surface area contributed by atoms with Crippen molar-refractivity contribution in [3.05, 3.63) is 29.3 Å². The second kappa shape index (κ2) is 6.62. The summed E-state index contributed by atoms with van der Waals surface area (Å²) in [4.78, 5) is 0. The average Bonchev–Trinajstić information content (AvgIpc) is 2.45. The first kappa shape index (κ1) is 15.4. The predicted octanol–water partition coefficient (Wildman–Crippen LogP) is 4.33. The summed E-state index contributed by atoms with van der Waals surface area (Å²) in [5, 5.41) is 3.62. The van der Waals surface area contributed by atoms with Crippen molar-refractivity contribution in [1.29, 1.82) is 0 Å². The Labute approximate surface area is 124 Å².